The number of unbranched alkanes of at least 4 members (excludes halogenated alkanes) is 1. The van der Waals surface area contributed by atoms with E-state index in [0.29, 0.717) is 0 Å². The van der Waals surface area contributed by atoms with Crippen LogP contribution < -0.4 is 4.74 Å². The van der Waals surface area contributed by atoms with Crippen molar-refractivity contribution in [3.8, 4) is 5.75 Å². The molecular weight excluding hydrogens is 198 g/mol. The van der Waals surface area contributed by atoms with E-state index < -0.39 is 0 Å². The molecular formula is C14H17NO. The van der Waals surface area contributed by atoms with Crippen LogP contribution in [0.15, 0.2) is 30.5 Å². The minimum absolute atomic E-state index is 0.985. The van der Waals surface area contributed by atoms with E-state index in [2.05, 4.69) is 18.0 Å². The third kappa shape index (κ3) is 2.01. The van der Waals surface area contributed by atoms with E-state index in [1.54, 1.807) is 7.11 Å². The first-order valence-electron chi connectivity index (χ1n) is 5.77. The van der Waals surface area contributed by atoms with Crippen molar-refractivity contribution in [2.75, 3.05) is 7.11 Å². The minimum Gasteiger partial charge on any atom is -0.496 e. The van der Waals surface area contributed by atoms with E-state index in [9.17, 15) is 0 Å². The van der Waals surface area contributed by atoms with Gasteiger partial charge >= 0.3 is 0 Å². The van der Waals surface area contributed by atoms with Crippen LogP contribution in [-0.2, 0) is 6.42 Å². The van der Waals surface area contributed by atoms with Gasteiger partial charge in [0.1, 0.15) is 5.75 Å². The molecule has 2 heteroatoms. The first kappa shape index (κ1) is 10.9. The highest BCUT2D eigenvalue weighted by Crippen LogP contribution is 2.28. The summed E-state index contributed by atoms with van der Waals surface area (Å²) in [4.78, 5) is 4.46. The molecule has 0 aliphatic rings. The molecule has 0 saturated carbocycles. The highest BCUT2D eigenvalue weighted by Gasteiger charge is 2.07. The summed E-state index contributed by atoms with van der Waals surface area (Å²) in [5.41, 5.74) is 2.21. The van der Waals surface area contributed by atoms with Gasteiger partial charge in [0.15, 0.2) is 0 Å². The number of rotatable bonds is 4. The molecule has 0 aliphatic carbocycles. The zero-order chi connectivity index (χ0) is 11.4. The number of aryl methyl sites for hydroxylation is 1. The molecule has 2 nitrogen and oxygen atoms in total. The fourth-order valence-corrected chi connectivity index (χ4v) is 1.94. The molecule has 16 heavy (non-hydrogen) atoms. The van der Waals surface area contributed by atoms with Gasteiger partial charge in [0.2, 0.25) is 0 Å². The number of para-hydroxylation sites is 1. The fourth-order valence-electron chi connectivity index (χ4n) is 1.94. The molecule has 0 atom stereocenters. The predicted molar refractivity (Wildman–Crippen MR) is 66.9 cm³/mol. The van der Waals surface area contributed by atoms with E-state index in [4.69, 9.17) is 4.74 Å². The van der Waals surface area contributed by atoms with Crippen molar-refractivity contribution in [3.63, 3.8) is 0 Å². The molecule has 0 fully saturated rings. The second-order valence-electron chi connectivity index (χ2n) is 3.94. The molecule has 84 valence electrons. The highest BCUT2D eigenvalue weighted by molar-refractivity contribution is 5.86. The van der Waals surface area contributed by atoms with Gasteiger partial charge in [-0.25, -0.2) is 0 Å². The number of benzene rings is 1. The normalized spacial score (nSPS) is 10.6. The number of hydrogen-bond acceptors (Lipinski definition) is 2. The largest absolute Gasteiger partial charge is 0.496 e. The SMILES string of the molecule is CCCCc1cnc2ccccc2c1OC. The molecule has 1 heterocycles. The zero-order valence-corrected chi connectivity index (χ0v) is 9.86. The molecule has 0 amide bonds. The van der Waals surface area contributed by atoms with E-state index in [1.807, 2.05) is 24.4 Å². The van der Waals surface area contributed by atoms with Gasteiger partial charge in [0.05, 0.1) is 12.6 Å². The summed E-state index contributed by atoms with van der Waals surface area (Å²) in [6, 6.07) is 8.11. The first-order valence-corrected chi connectivity index (χ1v) is 5.77. The van der Waals surface area contributed by atoms with Crippen molar-refractivity contribution in [1.29, 1.82) is 0 Å². The highest BCUT2D eigenvalue weighted by atomic mass is 16.5. The van der Waals surface area contributed by atoms with Gasteiger partial charge in [-0.15, -0.1) is 0 Å². The Kier molecular flexibility index (Phi) is 3.40. The molecule has 0 radical (unpaired) electrons. The molecule has 0 saturated heterocycles. The molecule has 0 aliphatic heterocycles. The predicted octanol–water partition coefficient (Wildman–Crippen LogP) is 3.59. The topological polar surface area (TPSA) is 22.1 Å². The van der Waals surface area contributed by atoms with Gasteiger partial charge in [-0.2, -0.15) is 0 Å². The first-order chi connectivity index (χ1) is 7.86. The monoisotopic (exact) mass is 215 g/mol. The Morgan fingerprint density at radius 3 is 2.81 bits per heavy atom. The Morgan fingerprint density at radius 1 is 1.25 bits per heavy atom. The average Bonchev–Trinajstić information content (AvgIpc) is 2.35. The van der Waals surface area contributed by atoms with Crippen LogP contribution in [-0.4, -0.2) is 12.1 Å². The number of nitrogens with zero attached hydrogens (tertiary/aromatic N) is 1. The van der Waals surface area contributed by atoms with Crippen molar-refractivity contribution >= 4 is 10.9 Å². The number of pyridine rings is 1. The molecule has 2 rings (SSSR count). The van der Waals surface area contributed by atoms with Crippen LogP contribution in [0.5, 0.6) is 5.75 Å². The van der Waals surface area contributed by atoms with Crippen LogP contribution in [0, 0.1) is 0 Å². The second-order valence-corrected chi connectivity index (χ2v) is 3.94. The van der Waals surface area contributed by atoms with E-state index in [0.717, 1.165) is 23.1 Å². The maximum absolute atomic E-state index is 5.52. The van der Waals surface area contributed by atoms with Crippen molar-refractivity contribution < 1.29 is 4.74 Å². The Hall–Kier alpha value is -1.57. The molecule has 1 aromatic heterocycles. The van der Waals surface area contributed by atoms with Crippen molar-refractivity contribution in [3.05, 3.63) is 36.0 Å². The lowest BCUT2D eigenvalue weighted by atomic mass is 10.1. The Balaban J connectivity index is 2.50. The van der Waals surface area contributed by atoms with Crippen LogP contribution in [0.25, 0.3) is 10.9 Å². The second kappa shape index (κ2) is 4.97. The summed E-state index contributed by atoms with van der Waals surface area (Å²) in [5.74, 6) is 0.985. The third-order valence-corrected chi connectivity index (χ3v) is 2.80. The van der Waals surface area contributed by atoms with Crippen LogP contribution in [0.1, 0.15) is 25.3 Å². The van der Waals surface area contributed by atoms with Crippen molar-refractivity contribution in [1.82, 2.24) is 4.98 Å². The van der Waals surface area contributed by atoms with Crippen molar-refractivity contribution in [2.45, 2.75) is 26.2 Å². The summed E-state index contributed by atoms with van der Waals surface area (Å²) in [6.07, 6.45) is 5.35. The number of aromatic nitrogens is 1. The van der Waals surface area contributed by atoms with Gasteiger partial charge in [-0.05, 0) is 25.0 Å². The quantitative estimate of drug-likeness (QED) is 0.777. The lowest BCUT2D eigenvalue weighted by molar-refractivity contribution is 0.413. The molecule has 0 N–H and O–H groups in total. The van der Waals surface area contributed by atoms with Gasteiger partial charge in [0.25, 0.3) is 0 Å². The Labute approximate surface area is 96.3 Å². The van der Waals surface area contributed by atoms with Gasteiger partial charge in [0, 0.05) is 17.1 Å². The minimum atomic E-state index is 0.985. The molecule has 0 spiro atoms. The summed E-state index contributed by atoms with van der Waals surface area (Å²) in [6.45, 7) is 2.20. The Bertz CT molecular complexity index is 479. The standard InChI is InChI=1S/C14H17NO/c1-3-4-7-11-10-15-13-9-6-5-8-12(13)14(11)16-2/h5-6,8-10H,3-4,7H2,1-2H3. The molecule has 2 aromatic rings. The third-order valence-electron chi connectivity index (χ3n) is 2.80. The van der Waals surface area contributed by atoms with Crippen LogP contribution >= 0.6 is 0 Å². The van der Waals surface area contributed by atoms with Crippen LogP contribution in [0.2, 0.25) is 0 Å². The smallest absolute Gasteiger partial charge is 0.132 e. The fraction of sp³-hybridized carbons (Fsp3) is 0.357. The summed E-state index contributed by atoms with van der Waals surface area (Å²) in [7, 11) is 1.73. The van der Waals surface area contributed by atoms with E-state index >= 15 is 0 Å². The summed E-state index contributed by atoms with van der Waals surface area (Å²) >= 11 is 0. The van der Waals surface area contributed by atoms with Crippen molar-refractivity contribution in [2.24, 2.45) is 0 Å². The van der Waals surface area contributed by atoms with Crippen LogP contribution in [0.3, 0.4) is 0 Å². The van der Waals surface area contributed by atoms with E-state index in [-0.39, 0.29) is 0 Å². The van der Waals surface area contributed by atoms with Gasteiger partial charge in [-0.1, -0.05) is 25.5 Å². The number of hydrogen-bond donors (Lipinski definition) is 0. The zero-order valence-electron chi connectivity index (χ0n) is 9.86. The van der Waals surface area contributed by atoms with E-state index in [1.165, 1.54) is 18.4 Å². The summed E-state index contributed by atoms with van der Waals surface area (Å²) in [5, 5.41) is 1.11. The van der Waals surface area contributed by atoms with Gasteiger partial charge < -0.3 is 4.74 Å². The average molecular weight is 215 g/mol. The molecule has 0 bridgehead atoms. The number of fused-ring (bicyclic) bond motifs is 1. The number of methoxy groups -OCH3 is 1. The lowest BCUT2D eigenvalue weighted by Gasteiger charge is -2.10. The summed E-state index contributed by atoms with van der Waals surface area (Å²) < 4.78 is 5.52. The maximum atomic E-state index is 5.52. The molecule has 1 aromatic carbocycles. The van der Waals surface area contributed by atoms with Crippen LogP contribution in [0.4, 0.5) is 0 Å². The maximum Gasteiger partial charge on any atom is 0.132 e. The Morgan fingerprint density at radius 2 is 2.06 bits per heavy atom. The lowest BCUT2D eigenvalue weighted by Crippen LogP contribution is -1.95. The number of ether oxygens (including phenoxy) is 1. The molecule has 0 unspecified atom stereocenters. The van der Waals surface area contributed by atoms with Gasteiger partial charge in [-0.3, -0.25) is 4.98 Å².